The van der Waals surface area contributed by atoms with Crippen molar-refractivity contribution in [3.8, 4) is 10.6 Å². The van der Waals surface area contributed by atoms with Crippen LogP contribution >= 0.6 is 11.3 Å². The number of rotatable bonds is 3. The second kappa shape index (κ2) is 7.23. The second-order valence-electron chi connectivity index (χ2n) is 10.0. The van der Waals surface area contributed by atoms with Gasteiger partial charge in [0.05, 0.1) is 5.69 Å². The Morgan fingerprint density at radius 1 is 1.07 bits per heavy atom. The van der Waals surface area contributed by atoms with Crippen molar-refractivity contribution >= 4 is 11.3 Å². The van der Waals surface area contributed by atoms with Crippen molar-refractivity contribution in [2.24, 2.45) is 0 Å². The van der Waals surface area contributed by atoms with E-state index in [4.69, 9.17) is 4.98 Å². The smallest absolute Gasteiger partial charge is 0.123 e. The Labute approximate surface area is 173 Å². The fourth-order valence-electron chi connectivity index (χ4n) is 4.90. The average molecular weight is 399 g/mol. The van der Waals surface area contributed by atoms with Gasteiger partial charge in [0.25, 0.3) is 0 Å². The van der Waals surface area contributed by atoms with Crippen LogP contribution in [-0.4, -0.2) is 34.3 Å². The molecule has 0 spiro atoms. The highest BCUT2D eigenvalue weighted by atomic mass is 32.1. The van der Waals surface area contributed by atoms with Gasteiger partial charge < -0.3 is 5.11 Å². The number of hydrogen-bond donors (Lipinski definition) is 1. The first-order valence-electron chi connectivity index (χ1n) is 10.7. The number of aliphatic hydroxyl groups excluding tert-OH is 1. The molecule has 2 heterocycles. The lowest BCUT2D eigenvalue weighted by molar-refractivity contribution is 0.00284. The van der Waals surface area contributed by atoms with E-state index in [0.717, 1.165) is 30.9 Å². The van der Waals surface area contributed by atoms with Gasteiger partial charge in [0.15, 0.2) is 0 Å². The van der Waals surface area contributed by atoms with E-state index >= 15 is 0 Å². The molecule has 0 bridgehead atoms. The molecule has 1 unspecified atom stereocenters. The Hall–Kier alpha value is -1.23. The highest BCUT2D eigenvalue weighted by Crippen LogP contribution is 2.47. The van der Waals surface area contributed by atoms with Gasteiger partial charge in [-0.25, -0.2) is 4.98 Å². The second-order valence-corrected chi connectivity index (χ2v) is 10.9. The number of aliphatic hydroxyl groups is 1. The third-order valence-corrected chi connectivity index (χ3v) is 8.01. The minimum atomic E-state index is -0.338. The average Bonchev–Trinajstić information content (AvgIpc) is 3.15. The zero-order chi connectivity index (χ0) is 20.1. The highest BCUT2D eigenvalue weighted by Gasteiger charge is 2.37. The van der Waals surface area contributed by atoms with Gasteiger partial charge >= 0.3 is 0 Å². The summed E-state index contributed by atoms with van der Waals surface area (Å²) < 4.78 is 0. The fraction of sp³-hybridized carbons (Fsp3) is 0.625. The van der Waals surface area contributed by atoms with Crippen LogP contribution < -0.4 is 0 Å². The number of nitrogens with zero attached hydrogens (tertiary/aromatic N) is 2. The van der Waals surface area contributed by atoms with Crippen molar-refractivity contribution in [3.63, 3.8) is 0 Å². The number of thiazole rings is 1. The normalized spacial score (nSPS) is 23.4. The van der Waals surface area contributed by atoms with E-state index in [-0.39, 0.29) is 17.1 Å². The van der Waals surface area contributed by atoms with E-state index in [0.29, 0.717) is 5.92 Å². The summed E-state index contributed by atoms with van der Waals surface area (Å²) in [5.74, 6) is 0.521. The maximum atomic E-state index is 9.78. The van der Waals surface area contributed by atoms with Crippen LogP contribution in [0.15, 0.2) is 23.6 Å². The Bertz CT molecular complexity index is 844. The van der Waals surface area contributed by atoms with Crippen LogP contribution in [0.25, 0.3) is 10.6 Å². The Balaban J connectivity index is 1.58. The predicted octanol–water partition coefficient (Wildman–Crippen LogP) is 5.68. The van der Waals surface area contributed by atoms with Gasteiger partial charge in [-0.15, -0.1) is 11.3 Å². The first-order chi connectivity index (χ1) is 13.2. The Kier molecular flexibility index (Phi) is 5.18. The summed E-state index contributed by atoms with van der Waals surface area (Å²) >= 11 is 1.78. The number of hydrogen-bond acceptors (Lipinski definition) is 4. The van der Waals surface area contributed by atoms with E-state index < -0.39 is 0 Å². The Morgan fingerprint density at radius 3 is 2.36 bits per heavy atom. The molecule has 2 aromatic rings. The zero-order valence-corrected chi connectivity index (χ0v) is 18.8. The molecular formula is C24H34N2OS. The van der Waals surface area contributed by atoms with Crippen molar-refractivity contribution in [3.05, 3.63) is 40.4 Å². The van der Waals surface area contributed by atoms with Crippen molar-refractivity contribution < 1.29 is 5.11 Å². The molecule has 1 aromatic carbocycles. The molecule has 0 saturated carbocycles. The maximum absolute atomic E-state index is 9.78. The van der Waals surface area contributed by atoms with Gasteiger partial charge in [-0.2, -0.15) is 0 Å². The molecule has 1 atom stereocenters. The van der Waals surface area contributed by atoms with Gasteiger partial charge in [0.2, 0.25) is 0 Å². The fourth-order valence-corrected chi connectivity index (χ4v) is 5.80. The molecule has 3 nitrogen and oxygen atoms in total. The van der Waals surface area contributed by atoms with Gasteiger partial charge in [0, 0.05) is 30.0 Å². The van der Waals surface area contributed by atoms with E-state index in [2.05, 4.69) is 56.2 Å². The first kappa shape index (κ1) is 20.1. The molecule has 28 heavy (non-hydrogen) atoms. The van der Waals surface area contributed by atoms with Gasteiger partial charge in [-0.05, 0) is 60.6 Å². The van der Waals surface area contributed by atoms with Crippen LogP contribution in [0.1, 0.15) is 83.0 Å². The largest absolute Gasteiger partial charge is 0.379 e. The number of piperidine rings is 1. The van der Waals surface area contributed by atoms with Crippen LogP contribution in [0.4, 0.5) is 0 Å². The summed E-state index contributed by atoms with van der Waals surface area (Å²) in [6, 6.07) is 7.04. The summed E-state index contributed by atoms with van der Waals surface area (Å²) in [5.41, 5.74) is 6.01. The third-order valence-electron chi connectivity index (χ3n) is 7.10. The third kappa shape index (κ3) is 3.67. The standard InChI is InChI=1S/C24H34N2OS/c1-16(27)26-12-8-17(9-13-26)21-15-28-22(25-21)18-6-7-19-20(14-18)24(4,5)11-10-23(19,2)3/h6-7,14-17,27H,8-13H2,1-5H3. The van der Waals surface area contributed by atoms with E-state index in [1.54, 1.807) is 11.3 Å². The molecule has 4 rings (SSSR count). The number of aromatic nitrogens is 1. The Morgan fingerprint density at radius 2 is 1.71 bits per heavy atom. The summed E-state index contributed by atoms with van der Waals surface area (Å²) in [6.07, 6.45) is 4.31. The monoisotopic (exact) mass is 398 g/mol. The zero-order valence-electron chi connectivity index (χ0n) is 18.0. The lowest BCUT2D eigenvalue weighted by atomic mass is 9.63. The van der Waals surface area contributed by atoms with E-state index in [1.807, 2.05) is 6.92 Å². The number of fused-ring (bicyclic) bond motifs is 1. The minimum absolute atomic E-state index is 0.231. The molecule has 1 aromatic heterocycles. The minimum Gasteiger partial charge on any atom is -0.379 e. The molecule has 0 radical (unpaired) electrons. The lowest BCUT2D eigenvalue weighted by Gasteiger charge is -2.42. The van der Waals surface area contributed by atoms with Crippen LogP contribution in [0, 0.1) is 0 Å². The van der Waals surface area contributed by atoms with Gasteiger partial charge in [-0.1, -0.05) is 39.8 Å². The quantitative estimate of drug-likeness (QED) is 0.723. The summed E-state index contributed by atoms with van der Waals surface area (Å²) in [7, 11) is 0. The van der Waals surface area contributed by atoms with Crippen molar-refractivity contribution in [2.75, 3.05) is 13.1 Å². The molecule has 1 aliphatic carbocycles. The predicted molar refractivity (Wildman–Crippen MR) is 118 cm³/mol. The van der Waals surface area contributed by atoms with Crippen molar-refractivity contribution in [1.82, 2.24) is 9.88 Å². The summed E-state index contributed by atoms with van der Waals surface area (Å²) in [4.78, 5) is 7.19. The molecule has 1 saturated heterocycles. The van der Waals surface area contributed by atoms with Crippen LogP contribution in [0.2, 0.25) is 0 Å². The maximum Gasteiger partial charge on any atom is 0.123 e. The van der Waals surface area contributed by atoms with Gasteiger partial charge in [-0.3, -0.25) is 4.90 Å². The SMILES string of the molecule is CC(O)N1CCC(c2csc(-c3ccc4c(c3)C(C)(C)CCC4(C)C)n2)CC1. The first-order valence-corrected chi connectivity index (χ1v) is 11.6. The summed E-state index contributed by atoms with van der Waals surface area (Å²) in [5, 5.41) is 13.2. The molecular weight excluding hydrogens is 364 g/mol. The van der Waals surface area contributed by atoms with E-state index in [9.17, 15) is 5.11 Å². The number of likely N-dealkylation sites (tertiary alicyclic amines) is 1. The highest BCUT2D eigenvalue weighted by molar-refractivity contribution is 7.13. The molecule has 1 aliphatic heterocycles. The van der Waals surface area contributed by atoms with Crippen LogP contribution in [0.3, 0.4) is 0 Å². The summed E-state index contributed by atoms with van der Waals surface area (Å²) in [6.45, 7) is 13.3. The molecule has 1 N–H and O–H groups in total. The van der Waals surface area contributed by atoms with Crippen LogP contribution in [-0.2, 0) is 10.8 Å². The molecule has 1 fully saturated rings. The molecule has 152 valence electrons. The molecule has 2 aliphatic rings. The topological polar surface area (TPSA) is 36.4 Å². The van der Waals surface area contributed by atoms with E-state index in [1.165, 1.54) is 35.2 Å². The van der Waals surface area contributed by atoms with Crippen molar-refractivity contribution in [2.45, 2.75) is 83.3 Å². The molecule has 4 heteroatoms. The molecule has 0 amide bonds. The van der Waals surface area contributed by atoms with Crippen LogP contribution in [0.5, 0.6) is 0 Å². The van der Waals surface area contributed by atoms with Gasteiger partial charge in [0.1, 0.15) is 11.2 Å². The van der Waals surface area contributed by atoms with Crippen molar-refractivity contribution in [1.29, 1.82) is 0 Å². The number of benzene rings is 1. The lowest BCUT2D eigenvalue weighted by Crippen LogP contribution is -2.39.